The van der Waals surface area contributed by atoms with E-state index in [1.807, 2.05) is 0 Å². The highest BCUT2D eigenvalue weighted by molar-refractivity contribution is 4.86. The van der Waals surface area contributed by atoms with Gasteiger partial charge in [-0.15, -0.1) is 0 Å². The minimum Gasteiger partial charge on any atom is -1.00 e. The average molecular weight is 220 g/mol. The van der Waals surface area contributed by atoms with Crippen molar-refractivity contribution in [2.24, 2.45) is 0 Å². The molecule has 2 rings (SSSR count). The Labute approximate surface area is 93.3 Å². The van der Waals surface area contributed by atoms with Gasteiger partial charge in [-0.05, 0) is 13.8 Å². The molecule has 0 radical (unpaired) electrons. The summed E-state index contributed by atoms with van der Waals surface area (Å²) in [6.45, 7) is 4.64. The minimum atomic E-state index is -0.0116. The molecule has 0 aromatic carbocycles. The summed E-state index contributed by atoms with van der Waals surface area (Å²) in [7, 11) is 2.39. The van der Waals surface area contributed by atoms with Crippen LogP contribution in [0.25, 0.3) is 0 Å². The van der Waals surface area contributed by atoms with E-state index in [1.165, 1.54) is 17.3 Å². The van der Waals surface area contributed by atoms with Crippen LogP contribution in [0.15, 0.2) is 0 Å². The van der Waals surface area contributed by atoms with Gasteiger partial charge in [-0.25, -0.2) is 0 Å². The standard InChI is InChI=1S/C11H22NO.ClH/c1-8(2)12(3)9-4-5-10(12)7-11(13)6-9;/h8-11,13H,4-7H2,1-3H3;1H/q+1;/p-1. The number of hydrogen-bond donors (Lipinski definition) is 1. The Morgan fingerprint density at radius 3 is 1.93 bits per heavy atom. The van der Waals surface area contributed by atoms with E-state index in [2.05, 4.69) is 20.9 Å². The number of rotatable bonds is 1. The molecular weight excluding hydrogens is 198 g/mol. The molecule has 0 aliphatic carbocycles. The Kier molecular flexibility index (Phi) is 3.50. The van der Waals surface area contributed by atoms with E-state index in [0.29, 0.717) is 6.04 Å². The van der Waals surface area contributed by atoms with Crippen LogP contribution in [-0.2, 0) is 0 Å². The molecule has 0 aromatic heterocycles. The molecule has 2 saturated heterocycles. The third-order valence-electron chi connectivity index (χ3n) is 4.61. The van der Waals surface area contributed by atoms with E-state index in [1.54, 1.807) is 0 Å². The van der Waals surface area contributed by atoms with Gasteiger partial charge >= 0.3 is 0 Å². The number of quaternary nitrogens is 1. The molecule has 2 aliphatic heterocycles. The lowest BCUT2D eigenvalue weighted by atomic mass is 9.95. The van der Waals surface area contributed by atoms with Crippen LogP contribution in [0.4, 0.5) is 0 Å². The maximum Gasteiger partial charge on any atom is 0.0919 e. The third-order valence-corrected chi connectivity index (χ3v) is 4.61. The number of nitrogens with zero attached hydrogens (tertiary/aromatic N) is 1. The van der Waals surface area contributed by atoms with E-state index in [-0.39, 0.29) is 18.5 Å². The first-order valence-corrected chi connectivity index (χ1v) is 5.58. The van der Waals surface area contributed by atoms with E-state index in [9.17, 15) is 5.11 Å². The maximum absolute atomic E-state index is 9.69. The Morgan fingerprint density at radius 2 is 1.57 bits per heavy atom. The molecule has 2 fully saturated rings. The number of aliphatic hydroxyl groups is 1. The van der Waals surface area contributed by atoms with Gasteiger partial charge in [0.05, 0.1) is 31.3 Å². The Morgan fingerprint density at radius 1 is 1.14 bits per heavy atom. The normalized spacial score (nSPS) is 46.5. The number of halogens is 1. The second kappa shape index (κ2) is 3.99. The lowest BCUT2D eigenvalue weighted by molar-refractivity contribution is -0.968. The first-order chi connectivity index (χ1) is 6.05. The summed E-state index contributed by atoms with van der Waals surface area (Å²) in [5, 5.41) is 9.69. The van der Waals surface area contributed by atoms with Gasteiger partial charge in [0.2, 0.25) is 0 Å². The lowest BCUT2D eigenvalue weighted by Crippen LogP contribution is -3.00. The first-order valence-electron chi connectivity index (χ1n) is 5.58. The van der Waals surface area contributed by atoms with Crippen LogP contribution in [0.1, 0.15) is 39.5 Å². The number of aliphatic hydroxyl groups excluding tert-OH is 1. The molecule has 84 valence electrons. The van der Waals surface area contributed by atoms with Crippen LogP contribution in [0.3, 0.4) is 0 Å². The van der Waals surface area contributed by atoms with Crippen LogP contribution in [-0.4, -0.2) is 40.9 Å². The van der Waals surface area contributed by atoms with Crippen molar-refractivity contribution in [1.29, 1.82) is 0 Å². The number of piperidine rings is 1. The number of fused-ring (bicyclic) bond motifs is 2. The van der Waals surface area contributed by atoms with Crippen LogP contribution in [0.2, 0.25) is 0 Å². The van der Waals surface area contributed by atoms with E-state index in [4.69, 9.17) is 0 Å². The van der Waals surface area contributed by atoms with Gasteiger partial charge in [0.25, 0.3) is 0 Å². The van der Waals surface area contributed by atoms with Crippen molar-refractivity contribution in [3.05, 3.63) is 0 Å². The molecular formula is C11H22ClNO. The fourth-order valence-corrected chi connectivity index (χ4v) is 3.50. The monoisotopic (exact) mass is 219 g/mol. The molecule has 3 heteroatoms. The molecule has 1 N–H and O–H groups in total. The SMILES string of the molecule is CC(C)[N+]1(C)C2CCC1CC(O)C2.[Cl-]. The fraction of sp³-hybridized carbons (Fsp3) is 1.00. The van der Waals surface area contributed by atoms with Crippen LogP contribution >= 0.6 is 0 Å². The highest BCUT2D eigenvalue weighted by Crippen LogP contribution is 2.42. The third kappa shape index (κ3) is 1.58. The zero-order valence-electron chi connectivity index (χ0n) is 9.41. The van der Waals surface area contributed by atoms with E-state index in [0.717, 1.165) is 24.9 Å². The van der Waals surface area contributed by atoms with Gasteiger partial charge in [0, 0.05) is 25.7 Å². The molecule has 2 nitrogen and oxygen atoms in total. The molecule has 2 atom stereocenters. The minimum absolute atomic E-state index is 0. The predicted octanol–water partition coefficient (Wildman–Crippen LogP) is -1.47. The Hall–Kier alpha value is 0.210. The van der Waals surface area contributed by atoms with Gasteiger partial charge in [-0.2, -0.15) is 0 Å². The summed E-state index contributed by atoms with van der Waals surface area (Å²) in [6.07, 6.45) is 4.71. The van der Waals surface area contributed by atoms with Crippen molar-refractivity contribution < 1.29 is 22.0 Å². The largest absolute Gasteiger partial charge is 1.00 e. The van der Waals surface area contributed by atoms with Crippen LogP contribution < -0.4 is 12.4 Å². The maximum atomic E-state index is 9.69. The van der Waals surface area contributed by atoms with E-state index >= 15 is 0 Å². The van der Waals surface area contributed by atoms with E-state index < -0.39 is 0 Å². The van der Waals surface area contributed by atoms with Crippen LogP contribution in [0, 0.1) is 0 Å². The van der Waals surface area contributed by atoms with Crippen molar-refractivity contribution in [3.63, 3.8) is 0 Å². The molecule has 2 unspecified atom stereocenters. The highest BCUT2D eigenvalue weighted by Gasteiger charge is 2.52. The summed E-state index contributed by atoms with van der Waals surface area (Å²) >= 11 is 0. The fourth-order valence-electron chi connectivity index (χ4n) is 3.50. The van der Waals surface area contributed by atoms with Gasteiger partial charge in [-0.1, -0.05) is 0 Å². The second-order valence-corrected chi connectivity index (χ2v) is 5.33. The molecule has 0 saturated carbocycles. The summed E-state index contributed by atoms with van der Waals surface area (Å²) in [5.74, 6) is 0. The van der Waals surface area contributed by atoms with Crippen molar-refractivity contribution >= 4 is 0 Å². The molecule has 2 bridgehead atoms. The summed E-state index contributed by atoms with van der Waals surface area (Å²) < 4.78 is 1.22. The second-order valence-electron chi connectivity index (χ2n) is 5.33. The molecule has 2 heterocycles. The van der Waals surface area contributed by atoms with Crippen molar-refractivity contribution in [2.45, 2.75) is 63.8 Å². The molecule has 0 aromatic rings. The Bertz CT molecular complexity index is 193. The van der Waals surface area contributed by atoms with Crippen LogP contribution in [0.5, 0.6) is 0 Å². The zero-order chi connectivity index (χ0) is 9.64. The molecule has 2 aliphatic rings. The predicted molar refractivity (Wildman–Crippen MR) is 53.4 cm³/mol. The summed E-state index contributed by atoms with van der Waals surface area (Å²) in [4.78, 5) is 0. The van der Waals surface area contributed by atoms with Crippen molar-refractivity contribution in [1.82, 2.24) is 0 Å². The van der Waals surface area contributed by atoms with Gasteiger partial charge in [0.1, 0.15) is 0 Å². The average Bonchev–Trinajstić information content (AvgIpc) is 2.29. The van der Waals surface area contributed by atoms with Crippen molar-refractivity contribution in [3.8, 4) is 0 Å². The van der Waals surface area contributed by atoms with Crippen molar-refractivity contribution in [2.75, 3.05) is 7.05 Å². The lowest BCUT2D eigenvalue weighted by Gasteiger charge is -2.49. The molecule has 14 heavy (non-hydrogen) atoms. The summed E-state index contributed by atoms with van der Waals surface area (Å²) in [6, 6.07) is 2.17. The summed E-state index contributed by atoms with van der Waals surface area (Å²) in [5.41, 5.74) is 0. The topological polar surface area (TPSA) is 20.2 Å². The van der Waals surface area contributed by atoms with Gasteiger partial charge in [0.15, 0.2) is 0 Å². The quantitative estimate of drug-likeness (QED) is 0.535. The zero-order valence-corrected chi connectivity index (χ0v) is 10.2. The molecule has 0 amide bonds. The molecule has 0 spiro atoms. The Balaban J connectivity index is 0.000000980. The van der Waals surface area contributed by atoms with Gasteiger partial charge in [-0.3, -0.25) is 0 Å². The number of hydrogen-bond acceptors (Lipinski definition) is 1. The highest BCUT2D eigenvalue weighted by atomic mass is 35.5. The smallest absolute Gasteiger partial charge is 0.0919 e. The first kappa shape index (κ1) is 12.3. The van der Waals surface area contributed by atoms with Gasteiger partial charge < -0.3 is 22.0 Å².